The summed E-state index contributed by atoms with van der Waals surface area (Å²) < 4.78 is 24.5. The van der Waals surface area contributed by atoms with Gasteiger partial charge in [0.05, 0.1) is 11.0 Å². The molecule has 5 aromatic heterocycles. The molecule has 0 aliphatic heterocycles. The highest BCUT2D eigenvalue weighted by Crippen LogP contribution is 2.43. The van der Waals surface area contributed by atoms with Crippen LogP contribution in [0.25, 0.3) is 163 Å². The molecule has 0 unspecified atom stereocenters. The van der Waals surface area contributed by atoms with Gasteiger partial charge in [-0.3, -0.25) is 0 Å². The highest BCUT2D eigenvalue weighted by atomic mass is 16.5. The fourth-order valence-corrected chi connectivity index (χ4v) is 17.7. The summed E-state index contributed by atoms with van der Waals surface area (Å²) in [5.41, 5.74) is 27.6. The molecule has 0 N–H and O–H groups in total. The summed E-state index contributed by atoms with van der Waals surface area (Å²) in [6.45, 7) is 4.12. The third-order valence-electron chi connectivity index (χ3n) is 24.9. The number of para-hydroxylation sites is 6. The van der Waals surface area contributed by atoms with Crippen molar-refractivity contribution in [3.63, 3.8) is 0 Å². The summed E-state index contributed by atoms with van der Waals surface area (Å²) in [4.78, 5) is 25.1. The SMILES string of the molecule is Cc1ccc(-c2noc(-c3ccc(-n4c5ccccc5c5ccccc54)cc3)n2)cc1.Cc1ccc(-c2noc(-c3ccc(N(c4ccccc4)c4ccccc4)cc3)n2)cc1.c1ccc(-c2noc(-c3ccc(N(c4ccccc4)c4ccc(-c5ccc6ccccc6c5)cc4)cc3)n2)cc1.c1ccc(-c2noc(-c3ccc(N(c4ccccc4)c4ccc(-c5cccc6ccccc56)cc4)cc3)n2)cc1. The quantitative estimate of drug-likeness (QED) is 0.0705. The Hall–Kier alpha value is -19.3. The molecule has 0 aliphatic rings. The first-order valence-corrected chi connectivity index (χ1v) is 47.0. The van der Waals surface area contributed by atoms with Crippen molar-refractivity contribution >= 4 is 94.5 Å². The van der Waals surface area contributed by atoms with Gasteiger partial charge in [0, 0.05) is 112 Å². The summed E-state index contributed by atoms with van der Waals surface area (Å²) in [7, 11) is 0. The van der Waals surface area contributed by atoms with E-state index in [9.17, 15) is 0 Å². The number of hydrogen-bond donors (Lipinski definition) is 0. The Labute approximate surface area is 820 Å². The maximum atomic E-state index is 5.59. The summed E-state index contributed by atoms with van der Waals surface area (Å²) in [6.07, 6.45) is 0. The minimum Gasteiger partial charge on any atom is -0.334 e. The van der Waals surface area contributed by atoms with Gasteiger partial charge in [-0.2, -0.15) is 19.9 Å². The minimum atomic E-state index is 0.496. The lowest BCUT2D eigenvalue weighted by molar-refractivity contribution is 0.432. The van der Waals surface area contributed by atoms with Gasteiger partial charge in [-0.1, -0.05) is 353 Å². The van der Waals surface area contributed by atoms with Crippen LogP contribution in [0.3, 0.4) is 0 Å². The largest absolute Gasteiger partial charge is 0.334 e. The van der Waals surface area contributed by atoms with Crippen LogP contribution in [-0.4, -0.2) is 45.1 Å². The number of aromatic nitrogens is 9. The molecule has 0 fully saturated rings. The third kappa shape index (κ3) is 19.2. The fourth-order valence-electron chi connectivity index (χ4n) is 17.7. The van der Waals surface area contributed by atoms with Gasteiger partial charge in [-0.15, -0.1) is 0 Å². The average Bonchev–Trinajstić information content (AvgIpc) is 1.59. The average molecular weight is 1840 g/mol. The molecule has 0 saturated heterocycles. The van der Waals surface area contributed by atoms with Crippen molar-refractivity contribution in [3.05, 3.63) is 521 Å². The maximum absolute atomic E-state index is 5.59. The van der Waals surface area contributed by atoms with Gasteiger partial charge in [-0.05, 0) is 246 Å². The van der Waals surface area contributed by atoms with Gasteiger partial charge in [0.1, 0.15) is 0 Å². The molecule has 5 heterocycles. The second-order valence-electron chi connectivity index (χ2n) is 34.2. The molecule has 20 aromatic carbocycles. The van der Waals surface area contributed by atoms with Crippen molar-refractivity contribution in [1.82, 2.24) is 45.1 Å². The minimum absolute atomic E-state index is 0.496. The zero-order valence-electron chi connectivity index (χ0n) is 77.5. The van der Waals surface area contributed by atoms with E-state index < -0.39 is 0 Å². The molecule has 0 atom stereocenters. The van der Waals surface area contributed by atoms with Crippen LogP contribution in [0.5, 0.6) is 0 Å². The van der Waals surface area contributed by atoms with Crippen LogP contribution in [0.15, 0.2) is 528 Å². The van der Waals surface area contributed by atoms with E-state index in [2.05, 4.69) is 377 Å². The topological polar surface area (TPSA) is 170 Å². The lowest BCUT2D eigenvalue weighted by atomic mass is 9.98. The maximum Gasteiger partial charge on any atom is 0.258 e. The van der Waals surface area contributed by atoms with Crippen LogP contribution in [0, 0.1) is 13.8 Å². The number of hydrogen-bond acceptors (Lipinski definition) is 15. The third-order valence-corrected chi connectivity index (χ3v) is 24.9. The normalized spacial score (nSPS) is 11.0. The molecule has 0 aliphatic carbocycles. The van der Waals surface area contributed by atoms with Crippen LogP contribution >= 0.6 is 0 Å². The van der Waals surface area contributed by atoms with E-state index in [1.165, 1.54) is 76.7 Å². The first-order valence-electron chi connectivity index (χ1n) is 47.0. The van der Waals surface area contributed by atoms with Gasteiger partial charge in [0.2, 0.25) is 23.3 Å². The molecular formula is C126H90N12O4. The van der Waals surface area contributed by atoms with Crippen molar-refractivity contribution < 1.29 is 18.1 Å². The Balaban J connectivity index is 0.000000109. The smallest absolute Gasteiger partial charge is 0.258 e. The van der Waals surface area contributed by atoms with Gasteiger partial charge in [0.15, 0.2) is 0 Å². The lowest BCUT2D eigenvalue weighted by Gasteiger charge is -2.25. The number of fused-ring (bicyclic) bond motifs is 5. The summed E-state index contributed by atoms with van der Waals surface area (Å²) in [5.74, 6) is 4.37. The molecule has 16 nitrogen and oxygen atoms in total. The number of nitrogens with zero attached hydrogens (tertiary/aromatic N) is 12. The second-order valence-corrected chi connectivity index (χ2v) is 34.2. The molecular weight excluding hydrogens is 1750 g/mol. The van der Waals surface area contributed by atoms with Crippen molar-refractivity contribution in [2.75, 3.05) is 14.7 Å². The standard InChI is InChI=1S/2C36H25N3O.C27H19N3O.C27H21N3O/c1-3-11-28(12-4-1)35-37-36(40-38-35)29-20-24-32(25-21-29)39(30-14-5-2-6-15-30)31-22-18-27(19-23-31)34-17-9-13-26-10-7-8-16-33(26)34;1-3-10-28(11-4-1)35-37-36(40-38-35)29-19-23-34(24-20-29)39(32-13-5-2-6-14-32)33-21-17-27(18-22-33)31-16-15-26-9-7-8-12-30(26)25-31;1-18-10-12-19(13-11-18)26-28-27(31-29-26)20-14-16-21(17-15-20)30-24-8-4-2-6-22(24)23-7-3-5-9-25(23)30;1-20-12-14-21(15-13-20)26-28-27(31-29-26)22-16-18-25(19-17-22)30(23-8-4-2-5-9-23)24-10-6-3-7-11-24/h2*1-25H;2-17H,1H3;2-19H,1H3. The Morgan fingerprint density at radius 3 is 0.810 bits per heavy atom. The highest BCUT2D eigenvalue weighted by molar-refractivity contribution is 6.09. The lowest BCUT2D eigenvalue weighted by Crippen LogP contribution is -2.09. The van der Waals surface area contributed by atoms with Gasteiger partial charge in [0.25, 0.3) is 23.6 Å². The second kappa shape index (κ2) is 40.7. The van der Waals surface area contributed by atoms with Crippen molar-refractivity contribution in [2.45, 2.75) is 13.8 Å². The first kappa shape index (κ1) is 88.0. The number of aryl methyl sites for hydroxylation is 2. The van der Waals surface area contributed by atoms with Crippen molar-refractivity contribution in [2.24, 2.45) is 0 Å². The van der Waals surface area contributed by atoms with Crippen LogP contribution in [0.4, 0.5) is 51.2 Å². The summed E-state index contributed by atoms with van der Waals surface area (Å²) in [6, 6.07) is 175. The molecule has 0 saturated carbocycles. The molecule has 0 bridgehead atoms. The van der Waals surface area contributed by atoms with Crippen LogP contribution in [-0.2, 0) is 0 Å². The monoisotopic (exact) mass is 1830 g/mol. The molecule has 0 amide bonds. The van der Waals surface area contributed by atoms with Crippen LogP contribution in [0.2, 0.25) is 0 Å². The van der Waals surface area contributed by atoms with E-state index in [0.29, 0.717) is 46.9 Å². The summed E-state index contributed by atoms with van der Waals surface area (Å²) >= 11 is 0. The zero-order chi connectivity index (χ0) is 95.3. The molecule has 16 heteroatoms. The van der Waals surface area contributed by atoms with Gasteiger partial charge in [-0.25, -0.2) is 0 Å². The van der Waals surface area contributed by atoms with E-state index in [0.717, 1.165) is 101 Å². The summed E-state index contributed by atoms with van der Waals surface area (Å²) in [5, 5.41) is 24.1. The molecule has 678 valence electrons. The van der Waals surface area contributed by atoms with E-state index in [-0.39, 0.29) is 0 Å². The van der Waals surface area contributed by atoms with Crippen LogP contribution in [0.1, 0.15) is 11.1 Å². The van der Waals surface area contributed by atoms with Crippen molar-refractivity contribution in [1.29, 1.82) is 0 Å². The Morgan fingerprint density at radius 1 is 0.183 bits per heavy atom. The number of anilines is 9. The van der Waals surface area contributed by atoms with Gasteiger partial charge >= 0.3 is 0 Å². The van der Waals surface area contributed by atoms with E-state index in [1.807, 2.05) is 206 Å². The van der Waals surface area contributed by atoms with E-state index >= 15 is 0 Å². The Morgan fingerprint density at radius 2 is 0.444 bits per heavy atom. The fraction of sp³-hybridized carbons (Fsp3) is 0.0159. The number of benzene rings is 20. The molecule has 0 radical (unpaired) electrons. The van der Waals surface area contributed by atoms with Crippen LogP contribution < -0.4 is 14.7 Å². The zero-order valence-corrected chi connectivity index (χ0v) is 77.5. The molecule has 25 rings (SSSR count). The molecule has 0 spiro atoms. The first-order chi connectivity index (χ1) is 70.2. The van der Waals surface area contributed by atoms with E-state index in [4.69, 9.17) is 18.1 Å². The number of rotatable bonds is 20. The molecule has 25 aromatic rings. The van der Waals surface area contributed by atoms with Gasteiger partial charge < -0.3 is 37.4 Å². The van der Waals surface area contributed by atoms with Crippen molar-refractivity contribution in [3.8, 4) is 119 Å². The Kier molecular flexibility index (Phi) is 25.2. The predicted molar refractivity (Wildman–Crippen MR) is 574 cm³/mol. The predicted octanol–water partition coefficient (Wildman–Crippen LogP) is 33.4. The highest BCUT2D eigenvalue weighted by Gasteiger charge is 2.23. The molecule has 142 heavy (non-hydrogen) atoms. The van der Waals surface area contributed by atoms with E-state index in [1.54, 1.807) is 0 Å². The Bertz CT molecular complexity index is 8440.